The maximum Gasteiger partial charge on any atom is 0.330 e. The molecule has 0 unspecified atom stereocenters. The number of hydrogen-bond donors (Lipinski definition) is 0. The van der Waals surface area contributed by atoms with Crippen molar-refractivity contribution < 1.29 is 4.65 Å². The number of hydrogen-bond acceptors (Lipinski definition) is 1. The first-order chi connectivity index (χ1) is 6.83. The van der Waals surface area contributed by atoms with Gasteiger partial charge in [0.25, 0.3) is 0 Å². The van der Waals surface area contributed by atoms with Crippen LogP contribution in [0.15, 0.2) is 30.3 Å². The summed E-state index contributed by atoms with van der Waals surface area (Å²) in [5.74, 6) is 0. The summed E-state index contributed by atoms with van der Waals surface area (Å²) in [4.78, 5) is 0. The summed E-state index contributed by atoms with van der Waals surface area (Å²) in [6.45, 7) is 7.91. The molecule has 0 aromatic heterocycles. The molecule has 1 aromatic rings. The molecule has 0 aliphatic heterocycles. The van der Waals surface area contributed by atoms with E-state index in [0.29, 0.717) is 0 Å². The third-order valence-corrected chi connectivity index (χ3v) is 2.84. The topological polar surface area (TPSA) is 9.23 Å². The van der Waals surface area contributed by atoms with Gasteiger partial charge in [-0.1, -0.05) is 49.6 Å². The Morgan fingerprint density at radius 3 is 2.07 bits per heavy atom. The van der Waals surface area contributed by atoms with E-state index in [9.17, 15) is 0 Å². The second-order valence-corrected chi connectivity index (χ2v) is 4.88. The molecule has 0 bridgehead atoms. The molecule has 1 rings (SSSR count). The molecule has 0 saturated carbocycles. The molecule has 0 N–H and O–H groups in total. The maximum absolute atomic E-state index is 6.03. The average molecular weight is 199 g/mol. The standard InChI is InChI=1S/C12H17B2O/c1-11(2,13)12(3,4)15-14-10-8-6-5-7-9-10/h5-9H,1-4H3. The van der Waals surface area contributed by atoms with Crippen molar-refractivity contribution in [2.75, 3.05) is 0 Å². The molecular weight excluding hydrogens is 182 g/mol. The molecule has 0 spiro atoms. The zero-order valence-electron chi connectivity index (χ0n) is 9.95. The van der Waals surface area contributed by atoms with E-state index in [1.165, 1.54) is 0 Å². The van der Waals surface area contributed by atoms with E-state index in [0.717, 1.165) is 5.46 Å². The predicted molar refractivity (Wildman–Crippen MR) is 66.8 cm³/mol. The lowest BCUT2D eigenvalue weighted by molar-refractivity contribution is 0.0767. The normalized spacial score (nSPS) is 12.5. The Labute approximate surface area is 94.9 Å². The van der Waals surface area contributed by atoms with Crippen molar-refractivity contribution in [1.82, 2.24) is 0 Å². The summed E-state index contributed by atoms with van der Waals surface area (Å²) in [5, 5.41) is -0.377. The lowest BCUT2D eigenvalue weighted by Gasteiger charge is -2.39. The van der Waals surface area contributed by atoms with Crippen molar-refractivity contribution in [1.29, 1.82) is 0 Å². The number of rotatable bonds is 4. The molecule has 1 aromatic carbocycles. The zero-order valence-corrected chi connectivity index (χ0v) is 9.95. The van der Waals surface area contributed by atoms with Crippen LogP contribution in [0, 0.1) is 0 Å². The van der Waals surface area contributed by atoms with Gasteiger partial charge in [0.1, 0.15) is 0 Å². The second-order valence-electron chi connectivity index (χ2n) is 4.88. The Balaban J connectivity index is 2.58. The van der Waals surface area contributed by atoms with Crippen molar-refractivity contribution in [3.05, 3.63) is 30.3 Å². The summed E-state index contributed by atoms with van der Waals surface area (Å²) < 4.78 is 5.73. The molecule has 0 fully saturated rings. The Kier molecular flexibility index (Phi) is 3.67. The molecule has 0 heterocycles. The van der Waals surface area contributed by atoms with Gasteiger partial charge in [0.15, 0.2) is 0 Å². The first-order valence-corrected chi connectivity index (χ1v) is 5.18. The van der Waals surface area contributed by atoms with E-state index < -0.39 is 0 Å². The molecule has 0 aliphatic rings. The smallest absolute Gasteiger partial charge is 0.330 e. The van der Waals surface area contributed by atoms with Crippen LogP contribution in [0.2, 0.25) is 5.31 Å². The van der Waals surface area contributed by atoms with Crippen LogP contribution in [-0.2, 0) is 4.65 Å². The minimum Gasteiger partial charge on any atom is -0.430 e. The minimum atomic E-state index is -0.386. The summed E-state index contributed by atoms with van der Waals surface area (Å²) in [5.41, 5.74) is 0.665. The largest absolute Gasteiger partial charge is 0.430 e. The van der Waals surface area contributed by atoms with Crippen LogP contribution in [0.5, 0.6) is 0 Å². The van der Waals surface area contributed by atoms with Gasteiger partial charge in [-0.2, -0.15) is 0 Å². The third kappa shape index (κ3) is 3.42. The number of benzene rings is 1. The Hall–Kier alpha value is -0.690. The molecule has 0 saturated heterocycles. The molecule has 0 aliphatic carbocycles. The van der Waals surface area contributed by atoms with Crippen LogP contribution in [0.4, 0.5) is 0 Å². The first kappa shape index (κ1) is 12.4. The van der Waals surface area contributed by atoms with E-state index in [1.807, 2.05) is 58.0 Å². The SMILES string of the molecule is [B]C(C)(C)C(C)(C)O[B]c1ccccc1. The Morgan fingerprint density at radius 2 is 1.60 bits per heavy atom. The Bertz CT molecular complexity index is 301. The van der Waals surface area contributed by atoms with Crippen molar-refractivity contribution >= 4 is 20.8 Å². The maximum atomic E-state index is 6.03. The Morgan fingerprint density at radius 1 is 1.07 bits per heavy atom. The van der Waals surface area contributed by atoms with Crippen molar-refractivity contribution in [3.63, 3.8) is 0 Å². The van der Waals surface area contributed by atoms with Crippen LogP contribution in [0.25, 0.3) is 0 Å². The van der Waals surface area contributed by atoms with E-state index in [4.69, 9.17) is 12.5 Å². The van der Waals surface area contributed by atoms with Crippen LogP contribution >= 0.6 is 0 Å². The molecule has 77 valence electrons. The van der Waals surface area contributed by atoms with Gasteiger partial charge in [0.05, 0.1) is 7.85 Å². The van der Waals surface area contributed by atoms with Gasteiger partial charge in [-0.15, -0.1) is 0 Å². The van der Waals surface area contributed by atoms with Gasteiger partial charge in [0, 0.05) is 5.60 Å². The van der Waals surface area contributed by atoms with Gasteiger partial charge in [-0.05, 0) is 19.2 Å². The molecule has 0 atom stereocenters. The summed E-state index contributed by atoms with van der Waals surface area (Å²) in [6, 6.07) is 9.94. The van der Waals surface area contributed by atoms with E-state index in [-0.39, 0.29) is 10.9 Å². The molecule has 3 radical (unpaired) electrons. The monoisotopic (exact) mass is 199 g/mol. The average Bonchev–Trinajstić information content (AvgIpc) is 2.15. The van der Waals surface area contributed by atoms with Crippen molar-refractivity contribution in [2.24, 2.45) is 0 Å². The highest BCUT2D eigenvalue weighted by molar-refractivity contribution is 6.47. The summed E-state index contributed by atoms with van der Waals surface area (Å²) >= 11 is 0. The van der Waals surface area contributed by atoms with Crippen molar-refractivity contribution in [2.45, 2.75) is 38.6 Å². The summed E-state index contributed by atoms with van der Waals surface area (Å²) in [6.07, 6.45) is 0. The molecule has 0 amide bonds. The third-order valence-electron chi connectivity index (χ3n) is 2.84. The van der Waals surface area contributed by atoms with Crippen LogP contribution in [0.1, 0.15) is 27.7 Å². The van der Waals surface area contributed by atoms with Gasteiger partial charge in [-0.3, -0.25) is 0 Å². The zero-order chi connectivity index (χ0) is 11.5. The molecule has 1 nitrogen and oxygen atoms in total. The van der Waals surface area contributed by atoms with Crippen molar-refractivity contribution in [3.8, 4) is 0 Å². The summed E-state index contributed by atoms with van der Waals surface area (Å²) in [7, 11) is 7.79. The highest BCUT2D eigenvalue weighted by Crippen LogP contribution is 2.36. The van der Waals surface area contributed by atoms with E-state index in [2.05, 4.69) is 0 Å². The highest BCUT2D eigenvalue weighted by Gasteiger charge is 2.32. The quantitative estimate of drug-likeness (QED) is 0.674. The van der Waals surface area contributed by atoms with Gasteiger partial charge in [-0.25, -0.2) is 0 Å². The fraction of sp³-hybridized carbons (Fsp3) is 0.500. The first-order valence-electron chi connectivity index (χ1n) is 5.18. The fourth-order valence-corrected chi connectivity index (χ4v) is 0.899. The molecule has 15 heavy (non-hydrogen) atoms. The highest BCUT2D eigenvalue weighted by atomic mass is 16.5. The lowest BCUT2D eigenvalue weighted by atomic mass is 9.61. The minimum absolute atomic E-state index is 0.377. The fourth-order valence-electron chi connectivity index (χ4n) is 0.899. The second kappa shape index (κ2) is 4.44. The van der Waals surface area contributed by atoms with Gasteiger partial charge < -0.3 is 4.65 Å². The van der Waals surface area contributed by atoms with E-state index in [1.54, 1.807) is 7.48 Å². The van der Waals surface area contributed by atoms with Crippen LogP contribution < -0.4 is 5.46 Å². The van der Waals surface area contributed by atoms with Crippen LogP contribution in [-0.4, -0.2) is 20.9 Å². The van der Waals surface area contributed by atoms with Crippen LogP contribution in [0.3, 0.4) is 0 Å². The van der Waals surface area contributed by atoms with E-state index >= 15 is 0 Å². The lowest BCUT2D eigenvalue weighted by Crippen LogP contribution is -2.40. The molecular formula is C12H17B2O. The predicted octanol–water partition coefficient (Wildman–Crippen LogP) is 2.09. The van der Waals surface area contributed by atoms with Gasteiger partial charge in [0.2, 0.25) is 0 Å². The van der Waals surface area contributed by atoms with Gasteiger partial charge >= 0.3 is 7.48 Å². The molecule has 3 heteroatoms.